The topological polar surface area (TPSA) is 150 Å². The minimum Gasteiger partial charge on any atom is -0.480 e. The first kappa shape index (κ1) is 21.3. The Morgan fingerprint density at radius 3 is 2.56 bits per heavy atom. The Morgan fingerprint density at radius 2 is 2.04 bits per heavy atom. The number of H-pyrrole nitrogens is 1. The van der Waals surface area contributed by atoms with Crippen LogP contribution in [0.5, 0.6) is 0 Å². The van der Waals surface area contributed by atoms with Crippen LogP contribution in [0, 0.1) is 0 Å². The van der Waals surface area contributed by atoms with Crippen LogP contribution in [0.25, 0.3) is 0 Å². The number of nitrogens with zero attached hydrogens (tertiary/aromatic N) is 1. The first-order chi connectivity index (χ1) is 11.9. The molecular formula is C14H23N5O4S2. The highest BCUT2D eigenvalue weighted by molar-refractivity contribution is 7.98. The van der Waals surface area contributed by atoms with Crippen molar-refractivity contribution in [1.82, 2.24) is 20.6 Å². The lowest BCUT2D eigenvalue weighted by Crippen LogP contribution is -2.55. The molecule has 0 fully saturated rings. The summed E-state index contributed by atoms with van der Waals surface area (Å²) in [5.74, 6) is -1.68. The van der Waals surface area contributed by atoms with Crippen molar-refractivity contribution in [1.29, 1.82) is 0 Å². The standard InChI is InChI=1S/C14H23N5O4S2/c1-25-3-2-10(13(21)19-11(6-24)14(22)23)18-12(20)9(15)4-8-5-16-7-17-8/h5,7,9-11,24H,2-4,6,15H2,1H3,(H,16,17)(H,18,20)(H,19,21)(H,22,23)/t9-,10-,11-/m0/s1. The van der Waals surface area contributed by atoms with Crippen molar-refractivity contribution >= 4 is 42.2 Å². The minimum atomic E-state index is -1.19. The van der Waals surface area contributed by atoms with E-state index in [4.69, 9.17) is 10.8 Å². The summed E-state index contributed by atoms with van der Waals surface area (Å²) in [7, 11) is 0. The molecule has 0 aliphatic rings. The van der Waals surface area contributed by atoms with E-state index in [1.165, 1.54) is 18.1 Å². The van der Waals surface area contributed by atoms with Gasteiger partial charge < -0.3 is 26.5 Å². The van der Waals surface area contributed by atoms with Gasteiger partial charge in [0, 0.05) is 24.1 Å². The molecule has 25 heavy (non-hydrogen) atoms. The second kappa shape index (κ2) is 11.0. The number of hydrogen-bond acceptors (Lipinski definition) is 7. The number of carboxylic acid groups (broad SMARTS) is 1. The number of carbonyl (C=O) groups is 3. The molecule has 1 rings (SSSR count). The zero-order chi connectivity index (χ0) is 18.8. The van der Waals surface area contributed by atoms with Gasteiger partial charge in [-0.15, -0.1) is 0 Å². The molecule has 0 aliphatic carbocycles. The molecule has 0 aliphatic heterocycles. The maximum Gasteiger partial charge on any atom is 0.327 e. The Labute approximate surface area is 155 Å². The van der Waals surface area contributed by atoms with Crippen molar-refractivity contribution in [3.05, 3.63) is 18.2 Å². The molecule has 1 aromatic rings. The second-order valence-electron chi connectivity index (χ2n) is 5.31. The van der Waals surface area contributed by atoms with Gasteiger partial charge in [0.25, 0.3) is 0 Å². The first-order valence-corrected chi connectivity index (χ1v) is 9.57. The molecule has 2 amide bonds. The average molecular weight is 390 g/mol. The van der Waals surface area contributed by atoms with Crippen molar-refractivity contribution < 1.29 is 19.5 Å². The number of thiol groups is 1. The predicted octanol–water partition coefficient (Wildman–Crippen LogP) is -0.983. The number of carbonyl (C=O) groups excluding carboxylic acids is 2. The fourth-order valence-corrected chi connectivity index (χ4v) is 2.69. The van der Waals surface area contributed by atoms with E-state index in [1.807, 2.05) is 6.26 Å². The van der Waals surface area contributed by atoms with E-state index in [1.54, 1.807) is 6.20 Å². The van der Waals surface area contributed by atoms with Crippen LogP contribution in [0.15, 0.2) is 12.5 Å². The van der Waals surface area contributed by atoms with E-state index < -0.39 is 35.9 Å². The van der Waals surface area contributed by atoms with Gasteiger partial charge in [0.1, 0.15) is 12.1 Å². The van der Waals surface area contributed by atoms with Crippen LogP contribution in [0.3, 0.4) is 0 Å². The molecule has 0 saturated heterocycles. The number of aromatic nitrogens is 2. The number of thioether (sulfide) groups is 1. The van der Waals surface area contributed by atoms with Crippen molar-refractivity contribution in [2.75, 3.05) is 17.8 Å². The zero-order valence-corrected chi connectivity index (χ0v) is 15.5. The van der Waals surface area contributed by atoms with Crippen molar-refractivity contribution in [2.24, 2.45) is 5.73 Å². The Balaban J connectivity index is 2.68. The Kier molecular flexibility index (Phi) is 9.39. The Hall–Kier alpha value is -1.72. The largest absolute Gasteiger partial charge is 0.480 e. The molecule has 0 aromatic carbocycles. The number of nitrogens with two attached hydrogens (primary N) is 1. The summed E-state index contributed by atoms with van der Waals surface area (Å²) in [4.78, 5) is 42.3. The normalized spacial score (nSPS) is 14.4. The molecule has 11 heteroatoms. The Morgan fingerprint density at radius 1 is 1.36 bits per heavy atom. The van der Waals surface area contributed by atoms with Gasteiger partial charge in [0.05, 0.1) is 12.4 Å². The van der Waals surface area contributed by atoms with Gasteiger partial charge in [-0.3, -0.25) is 9.59 Å². The van der Waals surface area contributed by atoms with Crippen molar-refractivity contribution in [3.63, 3.8) is 0 Å². The molecule has 0 radical (unpaired) electrons. The molecule has 0 spiro atoms. The highest BCUT2D eigenvalue weighted by Crippen LogP contribution is 2.04. The third-order valence-electron chi connectivity index (χ3n) is 3.37. The molecule has 9 nitrogen and oxygen atoms in total. The van der Waals surface area contributed by atoms with Crippen molar-refractivity contribution in [3.8, 4) is 0 Å². The SMILES string of the molecule is CSCC[C@H](NC(=O)[C@@H](N)Cc1cnc[nH]1)C(=O)N[C@@H](CS)C(=O)O. The summed E-state index contributed by atoms with van der Waals surface area (Å²) in [5, 5.41) is 14.0. The highest BCUT2D eigenvalue weighted by Gasteiger charge is 2.27. The molecule has 3 atom stereocenters. The van der Waals surface area contributed by atoms with Gasteiger partial charge in [0.2, 0.25) is 11.8 Å². The number of rotatable bonds is 11. The monoisotopic (exact) mass is 389 g/mol. The van der Waals surface area contributed by atoms with Crippen LogP contribution < -0.4 is 16.4 Å². The molecule has 1 heterocycles. The van der Waals surface area contributed by atoms with Gasteiger partial charge in [-0.1, -0.05) is 0 Å². The van der Waals surface area contributed by atoms with E-state index in [2.05, 4.69) is 33.2 Å². The smallest absolute Gasteiger partial charge is 0.327 e. The van der Waals surface area contributed by atoms with E-state index in [0.29, 0.717) is 17.9 Å². The van der Waals surface area contributed by atoms with Crippen LogP contribution in [0.1, 0.15) is 12.1 Å². The van der Waals surface area contributed by atoms with Gasteiger partial charge in [0.15, 0.2) is 0 Å². The second-order valence-corrected chi connectivity index (χ2v) is 6.66. The lowest BCUT2D eigenvalue weighted by atomic mass is 10.1. The molecule has 0 saturated carbocycles. The predicted molar refractivity (Wildman–Crippen MR) is 98.6 cm³/mol. The maximum absolute atomic E-state index is 12.3. The quantitative estimate of drug-likeness (QED) is 0.266. The van der Waals surface area contributed by atoms with Gasteiger partial charge >= 0.3 is 5.97 Å². The number of amides is 2. The third kappa shape index (κ3) is 7.36. The summed E-state index contributed by atoms with van der Waals surface area (Å²) in [6.45, 7) is 0. The minimum absolute atomic E-state index is 0.0520. The lowest BCUT2D eigenvalue weighted by Gasteiger charge is -2.22. The fourth-order valence-electron chi connectivity index (χ4n) is 1.97. The van der Waals surface area contributed by atoms with Gasteiger partial charge in [-0.2, -0.15) is 24.4 Å². The first-order valence-electron chi connectivity index (χ1n) is 7.55. The lowest BCUT2D eigenvalue weighted by molar-refractivity contribution is -0.141. The van der Waals surface area contributed by atoms with E-state index in [-0.39, 0.29) is 12.2 Å². The van der Waals surface area contributed by atoms with Crippen molar-refractivity contribution in [2.45, 2.75) is 31.0 Å². The number of imidazole rings is 1. The van der Waals surface area contributed by atoms with E-state index >= 15 is 0 Å². The van der Waals surface area contributed by atoms with Crippen LogP contribution in [-0.2, 0) is 20.8 Å². The van der Waals surface area contributed by atoms with Crippen LogP contribution in [-0.4, -0.2) is 68.7 Å². The van der Waals surface area contributed by atoms with Crippen LogP contribution >= 0.6 is 24.4 Å². The third-order valence-corrected chi connectivity index (χ3v) is 4.38. The summed E-state index contributed by atoms with van der Waals surface area (Å²) < 4.78 is 0. The summed E-state index contributed by atoms with van der Waals surface area (Å²) >= 11 is 5.41. The zero-order valence-electron chi connectivity index (χ0n) is 13.8. The van der Waals surface area contributed by atoms with Gasteiger partial charge in [-0.25, -0.2) is 9.78 Å². The van der Waals surface area contributed by atoms with Gasteiger partial charge in [-0.05, 0) is 18.4 Å². The summed E-state index contributed by atoms with van der Waals surface area (Å²) in [5.41, 5.74) is 6.56. The number of nitrogens with one attached hydrogen (secondary N) is 3. The fraction of sp³-hybridized carbons (Fsp3) is 0.571. The molecule has 6 N–H and O–H groups in total. The molecule has 1 aromatic heterocycles. The number of carboxylic acids is 1. The Bertz CT molecular complexity index is 570. The average Bonchev–Trinajstić information content (AvgIpc) is 3.08. The molecular weight excluding hydrogens is 366 g/mol. The number of aromatic amines is 1. The number of aliphatic carboxylic acids is 1. The number of hydrogen-bond donors (Lipinski definition) is 6. The van der Waals surface area contributed by atoms with E-state index in [0.717, 1.165) is 0 Å². The summed E-state index contributed by atoms with van der Waals surface area (Å²) in [6.07, 6.45) is 5.52. The van der Waals surface area contributed by atoms with E-state index in [9.17, 15) is 14.4 Å². The maximum atomic E-state index is 12.3. The highest BCUT2D eigenvalue weighted by atomic mass is 32.2. The molecule has 0 bridgehead atoms. The molecule has 0 unspecified atom stereocenters. The van der Waals surface area contributed by atoms with Crippen LogP contribution in [0.2, 0.25) is 0 Å². The molecule has 140 valence electrons. The summed E-state index contributed by atoms with van der Waals surface area (Å²) in [6, 6.07) is -2.84. The van der Waals surface area contributed by atoms with Crippen LogP contribution in [0.4, 0.5) is 0 Å².